The van der Waals surface area contributed by atoms with Crippen molar-refractivity contribution in [1.82, 2.24) is 14.5 Å². The fourth-order valence-electron chi connectivity index (χ4n) is 3.18. The fraction of sp³-hybridized carbons (Fsp3) is 0.318. The molecule has 3 aromatic rings. The van der Waals surface area contributed by atoms with Gasteiger partial charge >= 0.3 is 0 Å². The number of benzene rings is 1. The molecule has 152 valence electrons. The van der Waals surface area contributed by atoms with Crippen molar-refractivity contribution in [1.29, 1.82) is 0 Å². The number of anilines is 1. The number of carbonyl (C=O) groups is 2. The largest absolute Gasteiger partial charge is 0.342 e. The van der Waals surface area contributed by atoms with Gasteiger partial charge in [-0.1, -0.05) is 0 Å². The van der Waals surface area contributed by atoms with Gasteiger partial charge in [-0.3, -0.25) is 14.6 Å². The van der Waals surface area contributed by atoms with Crippen LogP contribution in [0.4, 0.5) is 5.69 Å². The first-order valence-electron chi connectivity index (χ1n) is 9.74. The number of nitrogens with zero attached hydrogens (tertiary/aromatic N) is 3. The van der Waals surface area contributed by atoms with Gasteiger partial charge in [0, 0.05) is 54.0 Å². The van der Waals surface area contributed by atoms with Crippen LogP contribution < -0.4 is 5.32 Å². The van der Waals surface area contributed by atoms with Crippen LogP contribution in [0.1, 0.15) is 19.4 Å². The summed E-state index contributed by atoms with van der Waals surface area (Å²) < 4.78 is 1.95. The maximum atomic E-state index is 12.4. The van der Waals surface area contributed by atoms with Crippen molar-refractivity contribution in [2.24, 2.45) is 0 Å². The minimum absolute atomic E-state index is 0.0282. The van der Waals surface area contributed by atoms with E-state index in [1.54, 1.807) is 24.2 Å². The summed E-state index contributed by atoms with van der Waals surface area (Å²) in [7, 11) is 0. The Bertz CT molecular complexity index is 967. The molecule has 2 amide bonds. The van der Waals surface area contributed by atoms with Crippen LogP contribution >= 0.6 is 11.8 Å². The summed E-state index contributed by atoms with van der Waals surface area (Å²) in [6, 6.07) is 11.7. The third-order valence-corrected chi connectivity index (χ3v) is 5.73. The van der Waals surface area contributed by atoms with E-state index in [-0.39, 0.29) is 11.8 Å². The number of amides is 2. The van der Waals surface area contributed by atoms with Crippen molar-refractivity contribution in [3.05, 3.63) is 60.6 Å². The Morgan fingerprint density at radius 3 is 2.59 bits per heavy atom. The first-order chi connectivity index (χ1) is 14.1. The van der Waals surface area contributed by atoms with E-state index in [0.29, 0.717) is 25.4 Å². The molecule has 2 aromatic heterocycles. The first kappa shape index (κ1) is 20.9. The predicted octanol–water partition coefficient (Wildman–Crippen LogP) is 3.78. The van der Waals surface area contributed by atoms with Gasteiger partial charge in [0.1, 0.15) is 6.54 Å². The first-order valence-corrected chi connectivity index (χ1v) is 10.9. The number of fused-ring (bicyclic) bond motifs is 1. The lowest BCUT2D eigenvalue weighted by Crippen LogP contribution is -2.33. The van der Waals surface area contributed by atoms with Crippen molar-refractivity contribution < 1.29 is 9.59 Å². The molecule has 29 heavy (non-hydrogen) atoms. The van der Waals surface area contributed by atoms with Gasteiger partial charge in [-0.2, -0.15) is 0 Å². The smallest absolute Gasteiger partial charge is 0.242 e. The van der Waals surface area contributed by atoms with Crippen molar-refractivity contribution in [3.63, 3.8) is 0 Å². The third kappa shape index (κ3) is 5.60. The highest BCUT2D eigenvalue weighted by Crippen LogP contribution is 2.21. The van der Waals surface area contributed by atoms with Gasteiger partial charge in [0.25, 0.3) is 0 Å². The minimum atomic E-state index is -0.0282. The summed E-state index contributed by atoms with van der Waals surface area (Å²) in [4.78, 5) is 30.4. The molecule has 3 rings (SSSR count). The average Bonchev–Trinajstić information content (AvgIpc) is 3.11. The van der Waals surface area contributed by atoms with E-state index in [1.165, 1.54) is 0 Å². The van der Waals surface area contributed by atoms with Gasteiger partial charge in [-0.05, 0) is 55.8 Å². The second-order valence-electron chi connectivity index (χ2n) is 6.68. The summed E-state index contributed by atoms with van der Waals surface area (Å²) in [5.74, 6) is 1.24. The highest BCUT2D eigenvalue weighted by Gasteiger charge is 2.12. The Balaban J connectivity index is 1.57. The molecule has 0 fully saturated rings. The molecular formula is C22H26N4O2S. The van der Waals surface area contributed by atoms with E-state index >= 15 is 0 Å². The number of aromatic nitrogens is 2. The molecule has 0 spiro atoms. The molecule has 0 saturated carbocycles. The normalized spacial score (nSPS) is 10.8. The van der Waals surface area contributed by atoms with Crippen LogP contribution in [-0.4, -0.2) is 45.1 Å². The fourth-order valence-corrected chi connectivity index (χ4v) is 3.96. The third-order valence-electron chi connectivity index (χ3n) is 4.73. The molecule has 0 aliphatic rings. The molecule has 0 saturated heterocycles. The van der Waals surface area contributed by atoms with Gasteiger partial charge in [0.2, 0.25) is 11.8 Å². The molecule has 7 heteroatoms. The van der Waals surface area contributed by atoms with Crippen LogP contribution in [0.2, 0.25) is 0 Å². The highest BCUT2D eigenvalue weighted by atomic mass is 32.2. The van der Waals surface area contributed by atoms with Crippen molar-refractivity contribution in [3.8, 4) is 0 Å². The van der Waals surface area contributed by atoms with Crippen molar-refractivity contribution in [2.75, 3.05) is 24.2 Å². The summed E-state index contributed by atoms with van der Waals surface area (Å²) in [5, 5.41) is 3.95. The SMILES string of the molecule is CCN(CC)C(=O)Cn1ccc2cc(NC(=O)CSCc3ccncc3)ccc21. The molecule has 0 radical (unpaired) electrons. The predicted molar refractivity (Wildman–Crippen MR) is 119 cm³/mol. The second kappa shape index (κ2) is 10.1. The van der Waals surface area contributed by atoms with Gasteiger partial charge in [-0.15, -0.1) is 11.8 Å². The zero-order valence-electron chi connectivity index (χ0n) is 16.8. The quantitative estimate of drug-likeness (QED) is 0.583. The second-order valence-corrected chi connectivity index (χ2v) is 7.67. The zero-order valence-corrected chi connectivity index (χ0v) is 17.6. The highest BCUT2D eigenvalue weighted by molar-refractivity contribution is 7.99. The van der Waals surface area contributed by atoms with Crippen LogP contribution in [0.3, 0.4) is 0 Å². The monoisotopic (exact) mass is 410 g/mol. The lowest BCUT2D eigenvalue weighted by atomic mass is 10.2. The van der Waals surface area contributed by atoms with E-state index in [2.05, 4.69) is 10.3 Å². The van der Waals surface area contributed by atoms with Crippen LogP contribution in [0, 0.1) is 0 Å². The van der Waals surface area contributed by atoms with Crippen LogP contribution in [0.15, 0.2) is 55.0 Å². The van der Waals surface area contributed by atoms with Crippen LogP contribution in [0.5, 0.6) is 0 Å². The van der Waals surface area contributed by atoms with E-state index in [4.69, 9.17) is 0 Å². The molecule has 0 atom stereocenters. The average molecular weight is 411 g/mol. The summed E-state index contributed by atoms with van der Waals surface area (Å²) in [5.41, 5.74) is 2.90. The Labute approximate surface area is 175 Å². The minimum Gasteiger partial charge on any atom is -0.342 e. The molecule has 2 heterocycles. The van der Waals surface area contributed by atoms with Crippen LogP contribution in [-0.2, 0) is 21.9 Å². The summed E-state index contributed by atoms with van der Waals surface area (Å²) >= 11 is 1.57. The number of hydrogen-bond acceptors (Lipinski definition) is 4. The molecule has 1 N–H and O–H groups in total. The Hall–Kier alpha value is -2.80. The zero-order chi connectivity index (χ0) is 20.6. The Morgan fingerprint density at radius 2 is 1.86 bits per heavy atom. The number of nitrogens with one attached hydrogen (secondary N) is 1. The van der Waals surface area contributed by atoms with Gasteiger partial charge in [0.15, 0.2) is 0 Å². The molecule has 6 nitrogen and oxygen atoms in total. The molecule has 0 aliphatic heterocycles. The van der Waals surface area contributed by atoms with Crippen molar-refractivity contribution in [2.45, 2.75) is 26.1 Å². The van der Waals surface area contributed by atoms with E-state index in [9.17, 15) is 9.59 Å². The van der Waals surface area contributed by atoms with Gasteiger partial charge in [0.05, 0.1) is 5.75 Å². The topological polar surface area (TPSA) is 67.2 Å². The molecule has 0 bridgehead atoms. The lowest BCUT2D eigenvalue weighted by molar-refractivity contribution is -0.131. The molecule has 0 unspecified atom stereocenters. The summed E-state index contributed by atoms with van der Waals surface area (Å²) in [6.07, 6.45) is 5.43. The number of carbonyl (C=O) groups excluding carboxylic acids is 2. The number of likely N-dealkylation sites (N-methyl/N-ethyl adjacent to an activating group) is 1. The lowest BCUT2D eigenvalue weighted by Gasteiger charge is -2.19. The molecular weight excluding hydrogens is 384 g/mol. The van der Waals surface area contributed by atoms with Crippen LogP contribution in [0.25, 0.3) is 10.9 Å². The number of hydrogen-bond donors (Lipinski definition) is 1. The van der Waals surface area contributed by atoms with Gasteiger partial charge < -0.3 is 14.8 Å². The maximum absolute atomic E-state index is 12.4. The maximum Gasteiger partial charge on any atom is 0.242 e. The standard InChI is InChI=1S/C22H26N4O2S/c1-3-25(4-2)22(28)14-26-12-9-18-13-19(5-6-20(18)26)24-21(27)16-29-15-17-7-10-23-11-8-17/h5-13H,3-4,14-16H2,1-2H3,(H,24,27). The van der Waals surface area contributed by atoms with Crippen molar-refractivity contribution >= 4 is 40.2 Å². The Morgan fingerprint density at radius 1 is 1.10 bits per heavy atom. The van der Waals surface area contributed by atoms with E-state index < -0.39 is 0 Å². The van der Waals surface area contributed by atoms with E-state index in [0.717, 1.165) is 27.9 Å². The number of pyridine rings is 1. The van der Waals surface area contributed by atoms with E-state index in [1.807, 2.05) is 65.9 Å². The summed E-state index contributed by atoms with van der Waals surface area (Å²) in [6.45, 7) is 5.72. The molecule has 1 aromatic carbocycles. The number of rotatable bonds is 9. The van der Waals surface area contributed by atoms with Gasteiger partial charge in [-0.25, -0.2) is 0 Å². The Kier molecular flexibility index (Phi) is 7.30. The number of thioether (sulfide) groups is 1. The molecule has 0 aliphatic carbocycles.